The molecule has 7 heteroatoms. The maximum absolute atomic E-state index is 13.2. The first-order valence-electron chi connectivity index (χ1n) is 13.1. The van der Waals surface area contributed by atoms with Crippen LogP contribution >= 0.6 is 0 Å². The fourth-order valence-corrected chi connectivity index (χ4v) is 8.08. The second-order valence-corrected chi connectivity index (χ2v) is 11.7. The van der Waals surface area contributed by atoms with Gasteiger partial charge < -0.3 is 20.7 Å². The highest BCUT2D eigenvalue weighted by Gasteiger charge is 2.68. The van der Waals surface area contributed by atoms with Crippen LogP contribution < -0.4 is 5.73 Å². The Balaban J connectivity index is 1.47. The standard InChI is InChI=1S/C27H41NO6/c1-25-11-9-18(29)14-17(25)7-8-19-20-10-12-27(33,26(20,2)15-21(30)24(19)25)22(31)16-34-23(32)6-4-3-5-13-28/h14,19-21,24,30,33H,3-13,15-16,28H2,1-2H3/t19-,20-,21-,24+,25-,26-,27-/m0/s1. The number of allylic oxidation sites excluding steroid dienone is 1. The van der Waals surface area contributed by atoms with Gasteiger partial charge in [-0.1, -0.05) is 25.8 Å². The van der Waals surface area contributed by atoms with Crippen LogP contribution in [-0.4, -0.2) is 52.6 Å². The van der Waals surface area contributed by atoms with Gasteiger partial charge in [0, 0.05) is 18.3 Å². The minimum absolute atomic E-state index is 0.0301. The largest absolute Gasteiger partial charge is 0.458 e. The Hall–Kier alpha value is -1.57. The average molecular weight is 476 g/mol. The molecule has 3 fully saturated rings. The molecule has 0 bridgehead atoms. The third-order valence-corrected chi connectivity index (χ3v) is 9.96. The van der Waals surface area contributed by atoms with Crippen molar-refractivity contribution in [3.05, 3.63) is 11.6 Å². The van der Waals surface area contributed by atoms with Gasteiger partial charge in [-0.15, -0.1) is 0 Å². The van der Waals surface area contributed by atoms with Crippen molar-refractivity contribution in [3.63, 3.8) is 0 Å². The van der Waals surface area contributed by atoms with Crippen molar-refractivity contribution in [3.8, 4) is 0 Å². The lowest BCUT2D eigenvalue weighted by atomic mass is 9.45. The molecular formula is C27H41NO6. The van der Waals surface area contributed by atoms with Crippen LogP contribution in [-0.2, 0) is 19.1 Å². The number of fused-ring (bicyclic) bond motifs is 5. The van der Waals surface area contributed by atoms with Gasteiger partial charge in [-0.3, -0.25) is 14.4 Å². The first-order chi connectivity index (χ1) is 16.1. The minimum Gasteiger partial charge on any atom is -0.458 e. The Kier molecular flexibility index (Phi) is 7.11. The number of hydrogen-bond acceptors (Lipinski definition) is 7. The third kappa shape index (κ3) is 4.07. The molecule has 4 rings (SSSR count). The van der Waals surface area contributed by atoms with Gasteiger partial charge in [0.25, 0.3) is 0 Å². The summed E-state index contributed by atoms with van der Waals surface area (Å²) in [5.74, 6) is -0.375. The fraction of sp³-hybridized carbons (Fsp3) is 0.815. The molecule has 4 N–H and O–H groups in total. The van der Waals surface area contributed by atoms with Gasteiger partial charge in [0.05, 0.1) is 6.10 Å². The lowest BCUT2D eigenvalue weighted by Gasteiger charge is -2.60. The van der Waals surface area contributed by atoms with Gasteiger partial charge in [0.2, 0.25) is 5.78 Å². The predicted molar refractivity (Wildman–Crippen MR) is 127 cm³/mol. The molecule has 0 amide bonds. The number of ketones is 2. The van der Waals surface area contributed by atoms with Gasteiger partial charge >= 0.3 is 5.97 Å². The maximum atomic E-state index is 13.2. The molecular weight excluding hydrogens is 434 g/mol. The second-order valence-electron chi connectivity index (χ2n) is 11.7. The Morgan fingerprint density at radius 2 is 1.91 bits per heavy atom. The number of unbranched alkanes of at least 4 members (excludes halogenated alkanes) is 2. The number of Topliss-reactive ketones (excluding diaryl/α,β-unsaturated/α-hetero) is 1. The highest BCUT2D eigenvalue weighted by molar-refractivity contribution is 5.92. The van der Waals surface area contributed by atoms with Crippen LogP contribution in [0.5, 0.6) is 0 Å². The molecule has 0 radical (unpaired) electrons. The van der Waals surface area contributed by atoms with Crippen LogP contribution in [0.2, 0.25) is 0 Å². The van der Waals surface area contributed by atoms with Crippen molar-refractivity contribution in [2.24, 2.45) is 34.3 Å². The molecule has 0 aliphatic heterocycles. The fourth-order valence-electron chi connectivity index (χ4n) is 8.08. The van der Waals surface area contributed by atoms with Crippen molar-refractivity contribution in [2.45, 2.75) is 96.2 Å². The first kappa shape index (κ1) is 25.5. The van der Waals surface area contributed by atoms with Crippen LogP contribution in [0, 0.1) is 28.6 Å². The Bertz CT molecular complexity index is 869. The van der Waals surface area contributed by atoms with Crippen LogP contribution in [0.3, 0.4) is 0 Å². The summed E-state index contributed by atoms with van der Waals surface area (Å²) in [5, 5.41) is 23.1. The zero-order chi connectivity index (χ0) is 24.7. The summed E-state index contributed by atoms with van der Waals surface area (Å²) in [6.45, 7) is 4.29. The van der Waals surface area contributed by atoms with Crippen molar-refractivity contribution in [2.75, 3.05) is 13.2 Å². The van der Waals surface area contributed by atoms with E-state index < -0.39 is 35.5 Å². The number of aliphatic hydroxyl groups excluding tert-OH is 1. The molecule has 0 unspecified atom stereocenters. The normalized spacial score (nSPS) is 41.2. The van der Waals surface area contributed by atoms with E-state index in [4.69, 9.17) is 10.5 Å². The Morgan fingerprint density at radius 1 is 1.15 bits per heavy atom. The maximum Gasteiger partial charge on any atom is 0.306 e. The molecule has 0 saturated heterocycles. The van der Waals surface area contributed by atoms with Gasteiger partial charge in [0.15, 0.2) is 12.4 Å². The number of nitrogens with two attached hydrogens (primary N) is 1. The quantitative estimate of drug-likeness (QED) is 0.364. The van der Waals surface area contributed by atoms with E-state index in [0.29, 0.717) is 38.6 Å². The predicted octanol–water partition coefficient (Wildman–Crippen LogP) is 2.85. The lowest BCUT2D eigenvalue weighted by Crippen LogP contribution is -2.62. The van der Waals surface area contributed by atoms with E-state index in [2.05, 4.69) is 6.92 Å². The summed E-state index contributed by atoms with van der Waals surface area (Å²) in [6.07, 6.45) is 8.09. The minimum atomic E-state index is -1.61. The summed E-state index contributed by atoms with van der Waals surface area (Å²) >= 11 is 0. The molecule has 0 aromatic carbocycles. The van der Waals surface area contributed by atoms with Crippen LogP contribution in [0.4, 0.5) is 0 Å². The van der Waals surface area contributed by atoms with E-state index in [1.807, 2.05) is 6.92 Å². The Labute approximate surface area is 202 Å². The van der Waals surface area contributed by atoms with Crippen molar-refractivity contribution < 1.29 is 29.3 Å². The zero-order valence-corrected chi connectivity index (χ0v) is 20.7. The number of rotatable bonds is 8. The molecule has 4 aliphatic carbocycles. The Morgan fingerprint density at radius 3 is 2.65 bits per heavy atom. The SMILES string of the molecule is C[C@]12CCC(=O)C=C1CC[C@@H]1[C@@H]2[C@@H](O)C[C@@]2(C)[C@H]1CC[C@]2(O)C(=O)COC(=O)CCCCCN. The van der Waals surface area contributed by atoms with E-state index in [-0.39, 0.29) is 35.4 Å². The van der Waals surface area contributed by atoms with Crippen LogP contribution in [0.15, 0.2) is 11.6 Å². The second kappa shape index (κ2) is 9.47. The van der Waals surface area contributed by atoms with Gasteiger partial charge in [0.1, 0.15) is 5.60 Å². The monoisotopic (exact) mass is 475 g/mol. The summed E-state index contributed by atoms with van der Waals surface area (Å²) in [7, 11) is 0. The summed E-state index contributed by atoms with van der Waals surface area (Å²) < 4.78 is 5.23. The van der Waals surface area contributed by atoms with Gasteiger partial charge in [-0.2, -0.15) is 0 Å². The van der Waals surface area contributed by atoms with E-state index >= 15 is 0 Å². The molecule has 7 atom stereocenters. The molecule has 0 spiro atoms. The molecule has 0 aromatic heterocycles. The zero-order valence-electron chi connectivity index (χ0n) is 20.7. The van der Waals surface area contributed by atoms with Crippen molar-refractivity contribution >= 4 is 17.5 Å². The molecule has 0 heterocycles. The van der Waals surface area contributed by atoms with E-state index in [9.17, 15) is 24.6 Å². The van der Waals surface area contributed by atoms with E-state index in [1.54, 1.807) is 6.08 Å². The first-order valence-corrected chi connectivity index (χ1v) is 13.1. The number of esters is 1. The molecule has 34 heavy (non-hydrogen) atoms. The van der Waals surface area contributed by atoms with Gasteiger partial charge in [-0.05, 0) is 87.2 Å². The molecule has 7 nitrogen and oxygen atoms in total. The smallest absolute Gasteiger partial charge is 0.306 e. The highest BCUT2D eigenvalue weighted by Crippen LogP contribution is 2.67. The van der Waals surface area contributed by atoms with E-state index in [1.165, 1.54) is 0 Å². The summed E-state index contributed by atoms with van der Waals surface area (Å²) in [5.41, 5.74) is 4.05. The molecule has 4 aliphatic rings. The molecule has 3 saturated carbocycles. The number of hydrogen-bond donors (Lipinski definition) is 3. The summed E-state index contributed by atoms with van der Waals surface area (Å²) in [4.78, 5) is 37.3. The van der Waals surface area contributed by atoms with Crippen LogP contribution in [0.25, 0.3) is 0 Å². The number of ether oxygens (including phenoxy) is 1. The number of carbonyl (C=O) groups is 3. The van der Waals surface area contributed by atoms with E-state index in [0.717, 1.165) is 37.7 Å². The molecule has 0 aromatic rings. The topological polar surface area (TPSA) is 127 Å². The number of carbonyl (C=O) groups excluding carboxylic acids is 3. The van der Waals surface area contributed by atoms with Crippen molar-refractivity contribution in [1.82, 2.24) is 0 Å². The van der Waals surface area contributed by atoms with Crippen molar-refractivity contribution in [1.29, 1.82) is 0 Å². The van der Waals surface area contributed by atoms with Gasteiger partial charge in [-0.25, -0.2) is 0 Å². The van der Waals surface area contributed by atoms with Crippen LogP contribution in [0.1, 0.15) is 84.5 Å². The number of aliphatic hydroxyl groups is 2. The molecule has 190 valence electrons. The summed E-state index contributed by atoms with van der Waals surface area (Å²) in [6, 6.07) is 0. The highest BCUT2D eigenvalue weighted by atomic mass is 16.5. The lowest BCUT2D eigenvalue weighted by molar-refractivity contribution is -0.184. The third-order valence-electron chi connectivity index (χ3n) is 9.96. The average Bonchev–Trinajstić information content (AvgIpc) is 3.06.